The Balaban J connectivity index is 0.00000128. The maximum absolute atomic E-state index is 4.28. The molecular formula is C12H16ClN3. The molecule has 0 aliphatic heterocycles. The van der Waals surface area contributed by atoms with E-state index in [4.69, 9.17) is 0 Å². The molecule has 0 atom stereocenters. The van der Waals surface area contributed by atoms with Crippen LogP contribution in [0.1, 0.15) is 11.3 Å². The molecule has 0 spiro atoms. The third-order valence-electron chi connectivity index (χ3n) is 2.34. The van der Waals surface area contributed by atoms with Crippen molar-refractivity contribution in [2.75, 3.05) is 5.32 Å². The molecular weight excluding hydrogens is 222 g/mol. The minimum absolute atomic E-state index is 0. The molecule has 1 aromatic heterocycles. The van der Waals surface area contributed by atoms with Crippen LogP contribution in [0.15, 0.2) is 36.5 Å². The van der Waals surface area contributed by atoms with Crippen LogP contribution >= 0.6 is 12.4 Å². The third kappa shape index (κ3) is 3.00. The number of hydrogen-bond acceptors (Lipinski definition) is 2. The average Bonchev–Trinajstić information content (AvgIpc) is 2.56. The van der Waals surface area contributed by atoms with E-state index >= 15 is 0 Å². The Labute approximate surface area is 102 Å². The van der Waals surface area contributed by atoms with E-state index in [-0.39, 0.29) is 12.4 Å². The first-order valence-corrected chi connectivity index (χ1v) is 5.04. The molecule has 2 aromatic rings. The number of aryl methyl sites for hydroxylation is 2. The summed E-state index contributed by atoms with van der Waals surface area (Å²) in [7, 11) is 1.93. The number of nitrogens with zero attached hydrogens (tertiary/aromatic N) is 2. The molecule has 4 heteroatoms. The number of aromatic nitrogens is 2. The molecule has 0 aliphatic carbocycles. The van der Waals surface area contributed by atoms with Gasteiger partial charge in [0.2, 0.25) is 0 Å². The van der Waals surface area contributed by atoms with Crippen molar-refractivity contribution in [3.8, 4) is 0 Å². The highest BCUT2D eigenvalue weighted by Crippen LogP contribution is 2.12. The van der Waals surface area contributed by atoms with E-state index in [1.807, 2.05) is 43.0 Å². The number of halogens is 1. The van der Waals surface area contributed by atoms with Crippen LogP contribution in [0.3, 0.4) is 0 Å². The van der Waals surface area contributed by atoms with Gasteiger partial charge in [-0.25, -0.2) is 0 Å². The van der Waals surface area contributed by atoms with E-state index in [2.05, 4.69) is 22.5 Å². The fourth-order valence-corrected chi connectivity index (χ4v) is 1.57. The molecule has 2 rings (SSSR count). The Morgan fingerprint density at radius 1 is 1.25 bits per heavy atom. The number of rotatable bonds is 3. The second-order valence-electron chi connectivity index (χ2n) is 3.64. The first kappa shape index (κ1) is 12.6. The van der Waals surface area contributed by atoms with Crippen LogP contribution in [0.5, 0.6) is 0 Å². The Kier molecular flexibility index (Phi) is 4.38. The molecule has 86 valence electrons. The number of benzene rings is 1. The minimum atomic E-state index is 0. The molecule has 1 heterocycles. The smallest absolute Gasteiger partial charge is 0.0825 e. The zero-order valence-corrected chi connectivity index (χ0v) is 10.3. The fourth-order valence-electron chi connectivity index (χ4n) is 1.57. The second kappa shape index (κ2) is 5.56. The van der Waals surface area contributed by atoms with Gasteiger partial charge in [0, 0.05) is 19.8 Å². The topological polar surface area (TPSA) is 29.9 Å². The first-order chi connectivity index (χ1) is 7.25. The average molecular weight is 238 g/mol. The van der Waals surface area contributed by atoms with Crippen molar-refractivity contribution in [3.05, 3.63) is 47.8 Å². The van der Waals surface area contributed by atoms with Crippen molar-refractivity contribution in [2.24, 2.45) is 7.05 Å². The van der Waals surface area contributed by atoms with Crippen LogP contribution in [0.4, 0.5) is 5.69 Å². The third-order valence-corrected chi connectivity index (χ3v) is 2.34. The van der Waals surface area contributed by atoms with Crippen molar-refractivity contribution in [2.45, 2.75) is 13.5 Å². The SMILES string of the molecule is Cc1nn(C)cc1NCc1ccccc1.Cl. The van der Waals surface area contributed by atoms with Gasteiger partial charge in [0.1, 0.15) is 0 Å². The van der Waals surface area contributed by atoms with Gasteiger partial charge in [-0.05, 0) is 12.5 Å². The summed E-state index contributed by atoms with van der Waals surface area (Å²) in [5, 5.41) is 7.64. The van der Waals surface area contributed by atoms with Crippen LogP contribution in [-0.2, 0) is 13.6 Å². The molecule has 0 unspecified atom stereocenters. The molecule has 0 aliphatic rings. The monoisotopic (exact) mass is 237 g/mol. The molecule has 0 saturated heterocycles. The lowest BCUT2D eigenvalue weighted by molar-refractivity contribution is 0.756. The second-order valence-corrected chi connectivity index (χ2v) is 3.64. The van der Waals surface area contributed by atoms with E-state index in [1.165, 1.54) is 5.56 Å². The maximum Gasteiger partial charge on any atom is 0.0825 e. The number of nitrogens with one attached hydrogen (secondary N) is 1. The summed E-state index contributed by atoms with van der Waals surface area (Å²) in [6.07, 6.45) is 2.00. The van der Waals surface area contributed by atoms with Crippen LogP contribution < -0.4 is 5.32 Å². The molecule has 3 nitrogen and oxygen atoms in total. The summed E-state index contributed by atoms with van der Waals surface area (Å²) in [4.78, 5) is 0. The van der Waals surface area contributed by atoms with Gasteiger partial charge in [-0.2, -0.15) is 5.10 Å². The summed E-state index contributed by atoms with van der Waals surface area (Å²) in [5.74, 6) is 0. The lowest BCUT2D eigenvalue weighted by Gasteiger charge is -2.04. The standard InChI is InChI=1S/C12H15N3.ClH/c1-10-12(9-15(2)14-10)13-8-11-6-4-3-5-7-11;/h3-7,9,13H,8H2,1-2H3;1H. The molecule has 1 aromatic carbocycles. The van der Waals surface area contributed by atoms with Crippen LogP contribution in [0.25, 0.3) is 0 Å². The van der Waals surface area contributed by atoms with Crippen molar-refractivity contribution in [3.63, 3.8) is 0 Å². The Bertz CT molecular complexity index is 437. The van der Waals surface area contributed by atoms with Crippen LogP contribution in [0.2, 0.25) is 0 Å². The minimum Gasteiger partial charge on any atom is -0.378 e. The highest BCUT2D eigenvalue weighted by atomic mass is 35.5. The summed E-state index contributed by atoms with van der Waals surface area (Å²) >= 11 is 0. The van der Waals surface area contributed by atoms with Gasteiger partial charge in [-0.1, -0.05) is 30.3 Å². The fraction of sp³-hybridized carbons (Fsp3) is 0.250. The van der Waals surface area contributed by atoms with Gasteiger partial charge in [0.25, 0.3) is 0 Å². The predicted molar refractivity (Wildman–Crippen MR) is 69.0 cm³/mol. The summed E-state index contributed by atoms with van der Waals surface area (Å²) in [5.41, 5.74) is 3.41. The van der Waals surface area contributed by atoms with Gasteiger partial charge in [0.05, 0.1) is 11.4 Å². The van der Waals surface area contributed by atoms with E-state index in [9.17, 15) is 0 Å². The van der Waals surface area contributed by atoms with E-state index < -0.39 is 0 Å². The normalized spacial score (nSPS) is 9.62. The maximum atomic E-state index is 4.28. The van der Waals surface area contributed by atoms with Gasteiger partial charge < -0.3 is 5.32 Å². The van der Waals surface area contributed by atoms with Crippen LogP contribution in [-0.4, -0.2) is 9.78 Å². The van der Waals surface area contributed by atoms with E-state index in [0.717, 1.165) is 17.9 Å². The summed E-state index contributed by atoms with van der Waals surface area (Å²) < 4.78 is 1.82. The number of hydrogen-bond donors (Lipinski definition) is 1. The first-order valence-electron chi connectivity index (χ1n) is 5.04. The quantitative estimate of drug-likeness (QED) is 0.890. The van der Waals surface area contributed by atoms with Crippen molar-refractivity contribution >= 4 is 18.1 Å². The highest BCUT2D eigenvalue weighted by Gasteiger charge is 2.01. The molecule has 0 amide bonds. The van der Waals surface area contributed by atoms with Gasteiger partial charge >= 0.3 is 0 Å². The molecule has 0 saturated carbocycles. The lowest BCUT2D eigenvalue weighted by atomic mass is 10.2. The van der Waals surface area contributed by atoms with E-state index in [1.54, 1.807) is 0 Å². The molecule has 0 fully saturated rings. The van der Waals surface area contributed by atoms with Gasteiger partial charge in [0.15, 0.2) is 0 Å². The molecule has 0 bridgehead atoms. The molecule has 1 N–H and O–H groups in total. The number of anilines is 1. The predicted octanol–water partition coefficient (Wildman–Crippen LogP) is 2.76. The largest absolute Gasteiger partial charge is 0.378 e. The van der Waals surface area contributed by atoms with Crippen molar-refractivity contribution in [1.82, 2.24) is 9.78 Å². The van der Waals surface area contributed by atoms with E-state index in [0.29, 0.717) is 0 Å². The Morgan fingerprint density at radius 3 is 2.50 bits per heavy atom. The highest BCUT2D eigenvalue weighted by molar-refractivity contribution is 5.85. The van der Waals surface area contributed by atoms with Gasteiger partial charge in [-0.15, -0.1) is 12.4 Å². The zero-order valence-electron chi connectivity index (χ0n) is 9.47. The summed E-state index contributed by atoms with van der Waals surface area (Å²) in [6, 6.07) is 10.3. The van der Waals surface area contributed by atoms with Crippen molar-refractivity contribution in [1.29, 1.82) is 0 Å². The van der Waals surface area contributed by atoms with Crippen LogP contribution in [0, 0.1) is 6.92 Å². The Hall–Kier alpha value is -1.48. The molecule has 16 heavy (non-hydrogen) atoms. The lowest BCUT2D eigenvalue weighted by Crippen LogP contribution is -1.99. The summed E-state index contributed by atoms with van der Waals surface area (Å²) in [6.45, 7) is 2.85. The zero-order chi connectivity index (χ0) is 10.7. The molecule has 0 radical (unpaired) electrons. The van der Waals surface area contributed by atoms with Gasteiger partial charge in [-0.3, -0.25) is 4.68 Å². The van der Waals surface area contributed by atoms with Crippen molar-refractivity contribution < 1.29 is 0 Å². The Morgan fingerprint density at radius 2 is 1.94 bits per heavy atom.